The summed E-state index contributed by atoms with van der Waals surface area (Å²) in [4.78, 5) is 2.47. The summed E-state index contributed by atoms with van der Waals surface area (Å²) in [6.45, 7) is 4.22. The predicted molar refractivity (Wildman–Crippen MR) is 65.3 cm³/mol. The van der Waals surface area contributed by atoms with E-state index < -0.39 is 9.84 Å². The molecule has 2 atom stereocenters. The van der Waals surface area contributed by atoms with E-state index >= 15 is 0 Å². The van der Waals surface area contributed by atoms with E-state index in [-0.39, 0.29) is 5.25 Å². The number of sulfone groups is 1. The molecule has 1 saturated carbocycles. The molecule has 0 aromatic heterocycles. The van der Waals surface area contributed by atoms with Gasteiger partial charge in [0.15, 0.2) is 0 Å². The minimum absolute atomic E-state index is 0.0962. The van der Waals surface area contributed by atoms with Gasteiger partial charge >= 0.3 is 0 Å². The Morgan fingerprint density at radius 2 is 1.88 bits per heavy atom. The van der Waals surface area contributed by atoms with Crippen LogP contribution < -0.4 is 5.32 Å². The molecule has 2 rings (SSSR count). The van der Waals surface area contributed by atoms with E-state index in [2.05, 4.69) is 10.2 Å². The average Bonchev–Trinajstić information content (AvgIpc) is 2.29. The third-order valence-corrected chi connectivity index (χ3v) is 5.51. The monoisotopic (exact) mass is 246 g/mol. The largest absolute Gasteiger partial charge is 0.314 e. The molecule has 1 saturated heterocycles. The molecule has 0 spiro atoms. The van der Waals surface area contributed by atoms with Crippen molar-refractivity contribution in [3.63, 3.8) is 0 Å². The van der Waals surface area contributed by atoms with Gasteiger partial charge in [0.25, 0.3) is 0 Å². The van der Waals surface area contributed by atoms with Crippen LogP contribution in [-0.2, 0) is 9.84 Å². The Bertz CT molecular complexity index is 323. The van der Waals surface area contributed by atoms with Crippen LogP contribution in [-0.4, -0.2) is 57.0 Å². The van der Waals surface area contributed by atoms with Crippen LogP contribution in [0.2, 0.25) is 0 Å². The van der Waals surface area contributed by atoms with Crippen LogP contribution in [0.3, 0.4) is 0 Å². The molecule has 0 amide bonds. The van der Waals surface area contributed by atoms with Crippen molar-refractivity contribution in [1.82, 2.24) is 10.2 Å². The zero-order chi connectivity index (χ0) is 11.6. The molecule has 0 radical (unpaired) electrons. The zero-order valence-electron chi connectivity index (χ0n) is 9.98. The van der Waals surface area contributed by atoms with E-state index in [9.17, 15) is 8.42 Å². The first-order chi connectivity index (χ1) is 7.57. The van der Waals surface area contributed by atoms with Gasteiger partial charge in [-0.3, -0.25) is 4.90 Å². The molecular weight excluding hydrogens is 224 g/mol. The van der Waals surface area contributed by atoms with Gasteiger partial charge in [-0.05, 0) is 19.3 Å². The molecule has 2 fully saturated rings. The van der Waals surface area contributed by atoms with Gasteiger partial charge in [0.1, 0.15) is 9.84 Å². The predicted octanol–water partition coefficient (Wildman–Crippen LogP) is 0.247. The fourth-order valence-electron chi connectivity index (χ4n) is 2.89. The standard InChI is InChI=1S/C11H22N2O2S/c1-16(14,15)11-4-2-3-10(9-11)13-7-5-12-6-8-13/h10-12H,2-9H2,1H3/t10-,11+/m0/s1. The van der Waals surface area contributed by atoms with Crippen molar-refractivity contribution in [2.24, 2.45) is 0 Å². The molecule has 0 bridgehead atoms. The van der Waals surface area contributed by atoms with Gasteiger partial charge in [0, 0.05) is 38.5 Å². The second-order valence-corrected chi connectivity index (χ2v) is 7.38. The van der Waals surface area contributed by atoms with Gasteiger partial charge in [-0.2, -0.15) is 0 Å². The Morgan fingerprint density at radius 3 is 2.50 bits per heavy atom. The molecule has 1 N–H and O–H groups in total. The lowest BCUT2D eigenvalue weighted by Crippen LogP contribution is -2.50. The minimum Gasteiger partial charge on any atom is -0.314 e. The van der Waals surface area contributed by atoms with Gasteiger partial charge in [0.2, 0.25) is 0 Å². The quantitative estimate of drug-likeness (QED) is 0.759. The molecule has 16 heavy (non-hydrogen) atoms. The van der Waals surface area contributed by atoms with Crippen LogP contribution >= 0.6 is 0 Å². The Kier molecular flexibility index (Phi) is 3.87. The third kappa shape index (κ3) is 2.96. The summed E-state index contributed by atoms with van der Waals surface area (Å²) < 4.78 is 23.2. The summed E-state index contributed by atoms with van der Waals surface area (Å²) in [6, 6.07) is 0.496. The van der Waals surface area contributed by atoms with Gasteiger partial charge in [-0.25, -0.2) is 8.42 Å². The minimum atomic E-state index is -2.84. The lowest BCUT2D eigenvalue weighted by molar-refractivity contribution is 0.140. The molecule has 0 unspecified atom stereocenters. The normalized spacial score (nSPS) is 33.8. The summed E-state index contributed by atoms with van der Waals surface area (Å²) in [7, 11) is -2.84. The molecule has 0 aromatic carbocycles. The van der Waals surface area contributed by atoms with Crippen LogP contribution in [0.4, 0.5) is 0 Å². The fraction of sp³-hybridized carbons (Fsp3) is 1.00. The van der Waals surface area contributed by atoms with Crippen LogP contribution in [0, 0.1) is 0 Å². The zero-order valence-corrected chi connectivity index (χ0v) is 10.8. The summed E-state index contributed by atoms with van der Waals surface area (Å²) in [6.07, 6.45) is 5.33. The maximum Gasteiger partial charge on any atom is 0.150 e. The maximum absolute atomic E-state index is 11.6. The van der Waals surface area contributed by atoms with Crippen molar-refractivity contribution in [2.75, 3.05) is 32.4 Å². The van der Waals surface area contributed by atoms with Crippen LogP contribution in [0.25, 0.3) is 0 Å². The number of nitrogens with one attached hydrogen (secondary N) is 1. The second-order valence-electron chi connectivity index (χ2n) is 5.06. The molecule has 1 heterocycles. The average molecular weight is 246 g/mol. The highest BCUT2D eigenvalue weighted by Gasteiger charge is 2.32. The van der Waals surface area contributed by atoms with Crippen LogP contribution in [0.5, 0.6) is 0 Å². The molecule has 1 aliphatic heterocycles. The van der Waals surface area contributed by atoms with Gasteiger partial charge in [0.05, 0.1) is 5.25 Å². The van der Waals surface area contributed by atoms with E-state index in [0.717, 1.165) is 45.4 Å². The lowest BCUT2D eigenvalue weighted by atomic mass is 9.93. The third-order valence-electron chi connectivity index (χ3n) is 3.87. The maximum atomic E-state index is 11.6. The summed E-state index contributed by atoms with van der Waals surface area (Å²) in [5.74, 6) is 0. The number of rotatable bonds is 2. The summed E-state index contributed by atoms with van der Waals surface area (Å²) >= 11 is 0. The fourth-order valence-corrected chi connectivity index (χ4v) is 4.05. The Balaban J connectivity index is 1.95. The van der Waals surface area contributed by atoms with E-state index in [4.69, 9.17) is 0 Å². The van der Waals surface area contributed by atoms with Crippen LogP contribution in [0.15, 0.2) is 0 Å². The topological polar surface area (TPSA) is 49.4 Å². The number of nitrogens with zero attached hydrogens (tertiary/aromatic N) is 1. The van der Waals surface area contributed by atoms with E-state index in [1.807, 2.05) is 0 Å². The first-order valence-electron chi connectivity index (χ1n) is 6.21. The highest BCUT2D eigenvalue weighted by atomic mass is 32.2. The molecular formula is C11H22N2O2S. The highest BCUT2D eigenvalue weighted by Crippen LogP contribution is 2.27. The van der Waals surface area contributed by atoms with Crippen molar-refractivity contribution < 1.29 is 8.42 Å². The smallest absolute Gasteiger partial charge is 0.150 e. The van der Waals surface area contributed by atoms with Crippen molar-refractivity contribution in [1.29, 1.82) is 0 Å². The Labute approximate surface area is 98.3 Å². The van der Waals surface area contributed by atoms with E-state index in [1.54, 1.807) is 0 Å². The van der Waals surface area contributed by atoms with Gasteiger partial charge < -0.3 is 5.32 Å². The number of hydrogen-bond donors (Lipinski definition) is 1. The second kappa shape index (κ2) is 5.02. The van der Waals surface area contributed by atoms with Crippen molar-refractivity contribution in [2.45, 2.75) is 37.0 Å². The SMILES string of the molecule is CS(=O)(=O)[C@@H]1CCC[C@H](N2CCNCC2)C1. The highest BCUT2D eigenvalue weighted by molar-refractivity contribution is 7.91. The lowest BCUT2D eigenvalue weighted by Gasteiger charge is -2.39. The van der Waals surface area contributed by atoms with Crippen LogP contribution in [0.1, 0.15) is 25.7 Å². The molecule has 5 heteroatoms. The summed E-state index contributed by atoms with van der Waals surface area (Å²) in [5, 5.41) is 3.24. The molecule has 0 aromatic rings. The Morgan fingerprint density at radius 1 is 1.19 bits per heavy atom. The molecule has 4 nitrogen and oxygen atoms in total. The Hall–Kier alpha value is -0.130. The van der Waals surface area contributed by atoms with E-state index in [0.29, 0.717) is 6.04 Å². The first kappa shape index (κ1) is 12.3. The number of piperazine rings is 1. The first-order valence-corrected chi connectivity index (χ1v) is 8.16. The molecule has 2 aliphatic rings. The van der Waals surface area contributed by atoms with Crippen molar-refractivity contribution in [3.05, 3.63) is 0 Å². The van der Waals surface area contributed by atoms with Gasteiger partial charge in [-0.1, -0.05) is 6.42 Å². The molecule has 1 aliphatic carbocycles. The van der Waals surface area contributed by atoms with Crippen molar-refractivity contribution >= 4 is 9.84 Å². The number of hydrogen-bond acceptors (Lipinski definition) is 4. The van der Waals surface area contributed by atoms with Gasteiger partial charge in [-0.15, -0.1) is 0 Å². The van der Waals surface area contributed by atoms with E-state index in [1.165, 1.54) is 12.7 Å². The summed E-state index contributed by atoms with van der Waals surface area (Å²) in [5.41, 5.74) is 0. The molecule has 94 valence electrons. The van der Waals surface area contributed by atoms with Crippen molar-refractivity contribution in [3.8, 4) is 0 Å².